The molecule has 0 bridgehead atoms. The predicted molar refractivity (Wildman–Crippen MR) is 144 cm³/mol. The van der Waals surface area contributed by atoms with Crippen molar-refractivity contribution in [3.8, 4) is 11.3 Å². The molecule has 2 N–H and O–H groups in total. The maximum Gasteiger partial charge on any atom is 0.254 e. The van der Waals surface area contributed by atoms with Gasteiger partial charge in [-0.2, -0.15) is 0 Å². The first-order valence-corrected chi connectivity index (χ1v) is 13.2. The second kappa shape index (κ2) is 8.60. The standard InChI is InChI=1S/C29H28FN7O2/c1-17(38)36-11-8-29(9-12-36)21-4-6-25(34-23(21)16-35(29)2)33-22-5-3-19(20-14-32-28(39)27(20)22)24-15-31-26-13-18(30)7-10-37(24)26/h3-7,10,13,15H,8-9,11-12,14,16H2,1-2H3,(H,32,39)(H,33,34). The van der Waals surface area contributed by atoms with Gasteiger partial charge in [-0.05, 0) is 49.2 Å². The number of hydrogen-bond donors (Lipinski definition) is 2. The SMILES string of the molecule is CC(=O)N1CCC2(CC1)c1ccc(Nc3ccc(-c4cnc5cc(F)ccn45)c4c3C(=O)NC4)nc1CN2C. The van der Waals surface area contributed by atoms with Gasteiger partial charge in [0, 0.05) is 50.9 Å². The number of rotatable bonds is 3. The van der Waals surface area contributed by atoms with Crippen LogP contribution in [0.25, 0.3) is 16.9 Å². The van der Waals surface area contributed by atoms with Gasteiger partial charge in [0.15, 0.2) is 0 Å². The van der Waals surface area contributed by atoms with Gasteiger partial charge in [-0.1, -0.05) is 12.1 Å². The van der Waals surface area contributed by atoms with E-state index >= 15 is 0 Å². The molecule has 0 unspecified atom stereocenters. The molecule has 3 aromatic heterocycles. The molecule has 0 atom stereocenters. The summed E-state index contributed by atoms with van der Waals surface area (Å²) in [6.45, 7) is 4.25. The van der Waals surface area contributed by atoms with Gasteiger partial charge in [0.05, 0.1) is 34.4 Å². The average molecular weight is 526 g/mol. The number of carbonyl (C=O) groups is 2. The number of nitrogens with zero attached hydrogens (tertiary/aromatic N) is 5. The number of likely N-dealkylation sites (tertiary alicyclic amines) is 1. The molecule has 1 saturated heterocycles. The van der Waals surface area contributed by atoms with E-state index in [0.29, 0.717) is 29.3 Å². The Morgan fingerprint density at radius 3 is 2.77 bits per heavy atom. The molecule has 4 aromatic rings. The Morgan fingerprint density at radius 2 is 1.97 bits per heavy atom. The van der Waals surface area contributed by atoms with Gasteiger partial charge in [-0.25, -0.2) is 14.4 Å². The number of hydrogen-bond acceptors (Lipinski definition) is 6. The molecule has 1 fully saturated rings. The number of halogens is 1. The van der Waals surface area contributed by atoms with E-state index in [4.69, 9.17) is 4.98 Å². The topological polar surface area (TPSA) is 94.9 Å². The van der Waals surface area contributed by atoms with Crippen molar-refractivity contribution in [1.82, 2.24) is 29.5 Å². The molecular weight excluding hydrogens is 497 g/mol. The molecule has 9 nitrogen and oxygen atoms in total. The monoisotopic (exact) mass is 525 g/mol. The molecule has 0 saturated carbocycles. The molecule has 3 aliphatic rings. The number of carbonyl (C=O) groups excluding carboxylic acids is 2. The fourth-order valence-corrected chi connectivity index (χ4v) is 6.52. The van der Waals surface area contributed by atoms with E-state index in [2.05, 4.69) is 33.6 Å². The van der Waals surface area contributed by atoms with Crippen LogP contribution in [0.2, 0.25) is 0 Å². The molecule has 2 amide bonds. The third-order valence-corrected chi connectivity index (χ3v) is 8.61. The number of aromatic nitrogens is 3. The Balaban J connectivity index is 1.21. The minimum atomic E-state index is -0.346. The van der Waals surface area contributed by atoms with Gasteiger partial charge in [0.1, 0.15) is 17.3 Å². The van der Waals surface area contributed by atoms with Gasteiger partial charge in [0.25, 0.3) is 5.91 Å². The number of amides is 2. The van der Waals surface area contributed by atoms with Crippen LogP contribution in [0.15, 0.2) is 48.8 Å². The van der Waals surface area contributed by atoms with Crippen molar-refractivity contribution >= 4 is 29.0 Å². The van der Waals surface area contributed by atoms with Crippen molar-refractivity contribution in [2.75, 3.05) is 25.5 Å². The van der Waals surface area contributed by atoms with Crippen LogP contribution in [0.4, 0.5) is 15.9 Å². The van der Waals surface area contributed by atoms with E-state index in [1.807, 2.05) is 27.5 Å². The van der Waals surface area contributed by atoms with E-state index in [0.717, 1.165) is 55.0 Å². The minimum absolute atomic E-state index is 0.105. The average Bonchev–Trinajstić information content (AvgIpc) is 3.59. The zero-order valence-electron chi connectivity index (χ0n) is 21.8. The Bertz CT molecular complexity index is 1670. The summed E-state index contributed by atoms with van der Waals surface area (Å²) in [6.07, 6.45) is 5.12. The fraction of sp³-hybridized carbons (Fsp3) is 0.310. The number of imidazole rings is 1. The van der Waals surface area contributed by atoms with Crippen molar-refractivity contribution < 1.29 is 14.0 Å². The first-order chi connectivity index (χ1) is 18.8. The van der Waals surface area contributed by atoms with Crippen LogP contribution in [-0.4, -0.2) is 56.1 Å². The molecule has 0 aliphatic carbocycles. The smallest absolute Gasteiger partial charge is 0.254 e. The molecule has 39 heavy (non-hydrogen) atoms. The first-order valence-electron chi connectivity index (χ1n) is 13.2. The second-order valence-corrected chi connectivity index (χ2v) is 10.6. The summed E-state index contributed by atoms with van der Waals surface area (Å²) in [4.78, 5) is 38.4. The van der Waals surface area contributed by atoms with Gasteiger partial charge in [-0.15, -0.1) is 0 Å². The summed E-state index contributed by atoms with van der Waals surface area (Å²) < 4.78 is 15.5. The molecule has 1 aromatic carbocycles. The van der Waals surface area contributed by atoms with Gasteiger partial charge >= 0.3 is 0 Å². The third-order valence-electron chi connectivity index (χ3n) is 8.61. The Morgan fingerprint density at radius 1 is 1.15 bits per heavy atom. The van der Waals surface area contributed by atoms with Crippen molar-refractivity contribution in [1.29, 1.82) is 0 Å². The molecule has 6 heterocycles. The molecule has 0 radical (unpaired) electrons. The van der Waals surface area contributed by atoms with E-state index < -0.39 is 0 Å². The van der Waals surface area contributed by atoms with E-state index in [-0.39, 0.29) is 23.2 Å². The molecule has 7 rings (SSSR count). The van der Waals surface area contributed by atoms with Crippen LogP contribution in [-0.2, 0) is 23.4 Å². The van der Waals surface area contributed by atoms with Crippen molar-refractivity contribution in [2.45, 2.75) is 38.4 Å². The highest BCUT2D eigenvalue weighted by molar-refractivity contribution is 6.06. The summed E-state index contributed by atoms with van der Waals surface area (Å²) in [5.74, 6) is 0.314. The van der Waals surface area contributed by atoms with Crippen LogP contribution in [0, 0.1) is 5.82 Å². The van der Waals surface area contributed by atoms with Gasteiger partial charge in [0.2, 0.25) is 5.91 Å². The van der Waals surface area contributed by atoms with E-state index in [1.165, 1.54) is 17.7 Å². The van der Waals surface area contributed by atoms with E-state index in [1.54, 1.807) is 19.3 Å². The fourth-order valence-electron chi connectivity index (χ4n) is 6.52. The largest absolute Gasteiger partial charge is 0.348 e. The molecule has 1 spiro atoms. The highest BCUT2D eigenvalue weighted by Crippen LogP contribution is 2.45. The van der Waals surface area contributed by atoms with Crippen LogP contribution in [0.3, 0.4) is 0 Å². The quantitative estimate of drug-likeness (QED) is 0.423. The van der Waals surface area contributed by atoms with Crippen LogP contribution in [0.5, 0.6) is 0 Å². The van der Waals surface area contributed by atoms with Gasteiger partial charge < -0.3 is 15.5 Å². The van der Waals surface area contributed by atoms with Crippen LogP contribution >= 0.6 is 0 Å². The van der Waals surface area contributed by atoms with Crippen molar-refractivity contribution in [2.24, 2.45) is 0 Å². The van der Waals surface area contributed by atoms with Crippen LogP contribution < -0.4 is 10.6 Å². The Labute approximate surface area is 224 Å². The predicted octanol–water partition coefficient (Wildman–Crippen LogP) is 3.81. The molecule has 10 heteroatoms. The summed E-state index contributed by atoms with van der Waals surface area (Å²) >= 11 is 0. The highest BCUT2D eigenvalue weighted by Gasteiger charge is 2.46. The number of piperidine rings is 1. The zero-order valence-corrected chi connectivity index (χ0v) is 21.8. The summed E-state index contributed by atoms with van der Waals surface area (Å²) in [7, 11) is 2.13. The van der Waals surface area contributed by atoms with Crippen molar-refractivity contribution in [3.05, 3.63) is 77.0 Å². The lowest BCUT2D eigenvalue weighted by molar-refractivity contribution is -0.131. The summed E-state index contributed by atoms with van der Waals surface area (Å²) in [6, 6.07) is 10.8. The Hall–Kier alpha value is -4.31. The minimum Gasteiger partial charge on any atom is -0.348 e. The highest BCUT2D eigenvalue weighted by atomic mass is 19.1. The zero-order chi connectivity index (χ0) is 26.9. The number of fused-ring (bicyclic) bond motifs is 4. The summed E-state index contributed by atoms with van der Waals surface area (Å²) in [5.41, 5.74) is 6.45. The lowest BCUT2D eigenvalue weighted by atomic mass is 9.81. The van der Waals surface area contributed by atoms with Crippen molar-refractivity contribution in [3.63, 3.8) is 0 Å². The van der Waals surface area contributed by atoms with E-state index in [9.17, 15) is 14.0 Å². The van der Waals surface area contributed by atoms with Gasteiger partial charge in [-0.3, -0.25) is 18.9 Å². The molecular formula is C29H28FN7O2. The maximum atomic E-state index is 13.7. The maximum absolute atomic E-state index is 13.7. The van der Waals surface area contributed by atoms with Crippen LogP contribution in [0.1, 0.15) is 46.9 Å². The summed E-state index contributed by atoms with van der Waals surface area (Å²) in [5, 5.41) is 6.34. The lowest BCUT2D eigenvalue weighted by Crippen LogP contribution is -2.49. The lowest BCUT2D eigenvalue weighted by Gasteiger charge is -2.43. The number of nitrogens with one attached hydrogen (secondary N) is 2. The number of anilines is 2. The third kappa shape index (κ3) is 3.62. The number of pyridine rings is 2. The number of benzene rings is 1. The normalized spacial score (nSPS) is 17.9. The second-order valence-electron chi connectivity index (χ2n) is 10.6. The molecule has 3 aliphatic heterocycles. The Kier molecular flexibility index (Phi) is 5.25. The molecule has 198 valence electrons. The first kappa shape index (κ1) is 23.8.